The number of carbonyl (C=O) groups excluding carboxylic acids is 1. The Kier molecular flexibility index (Phi) is 4.96. The Hall–Kier alpha value is -2.59. The lowest BCUT2D eigenvalue weighted by Gasteiger charge is -2.12. The van der Waals surface area contributed by atoms with Gasteiger partial charge in [-0.1, -0.05) is 48.5 Å². The standard InChI is InChI=1S/C20H22N2O2/c1-2-22-14-16(17-10-6-7-11-18(17)22)12-20(24)21-13-19(23)15-8-4-3-5-9-15/h3-11,14,19,23H,2,12-13H2,1H3,(H,21,24)/t19-/m0/s1. The minimum Gasteiger partial charge on any atom is -0.387 e. The first-order chi connectivity index (χ1) is 11.7. The van der Waals surface area contributed by atoms with Gasteiger partial charge in [0.2, 0.25) is 5.91 Å². The van der Waals surface area contributed by atoms with E-state index in [1.54, 1.807) is 0 Å². The molecule has 0 aliphatic carbocycles. The van der Waals surface area contributed by atoms with Crippen molar-refractivity contribution in [3.8, 4) is 0 Å². The molecule has 0 aliphatic heterocycles. The number of nitrogens with one attached hydrogen (secondary N) is 1. The highest BCUT2D eigenvalue weighted by molar-refractivity contribution is 5.89. The number of amides is 1. The van der Waals surface area contributed by atoms with Crippen molar-refractivity contribution in [1.29, 1.82) is 0 Å². The third-order valence-electron chi connectivity index (χ3n) is 4.24. The Morgan fingerprint density at radius 3 is 2.58 bits per heavy atom. The molecule has 0 saturated carbocycles. The number of aliphatic hydroxyl groups excluding tert-OH is 1. The predicted molar refractivity (Wildman–Crippen MR) is 95.7 cm³/mol. The van der Waals surface area contributed by atoms with Crippen molar-refractivity contribution in [2.45, 2.75) is 26.0 Å². The zero-order valence-electron chi connectivity index (χ0n) is 13.8. The summed E-state index contributed by atoms with van der Waals surface area (Å²) in [6.07, 6.45) is 1.67. The molecule has 0 spiro atoms. The predicted octanol–water partition coefficient (Wildman–Crippen LogP) is 3.05. The molecule has 3 aromatic rings. The lowest BCUT2D eigenvalue weighted by Crippen LogP contribution is -2.29. The van der Waals surface area contributed by atoms with Crippen LogP contribution < -0.4 is 5.32 Å². The molecule has 4 nitrogen and oxygen atoms in total. The number of fused-ring (bicyclic) bond motifs is 1. The van der Waals surface area contributed by atoms with Gasteiger partial charge in [0.05, 0.1) is 12.5 Å². The zero-order chi connectivity index (χ0) is 16.9. The molecule has 3 rings (SSSR count). The first-order valence-corrected chi connectivity index (χ1v) is 8.25. The molecule has 0 aliphatic rings. The van der Waals surface area contributed by atoms with E-state index in [-0.39, 0.29) is 12.5 Å². The van der Waals surface area contributed by atoms with Crippen LogP contribution in [0.3, 0.4) is 0 Å². The van der Waals surface area contributed by atoms with E-state index in [4.69, 9.17) is 0 Å². The molecular formula is C20H22N2O2. The maximum atomic E-state index is 12.3. The van der Waals surface area contributed by atoms with Crippen LogP contribution in [-0.2, 0) is 17.8 Å². The molecule has 0 bridgehead atoms. The normalized spacial score (nSPS) is 12.2. The van der Waals surface area contributed by atoms with Crippen molar-refractivity contribution in [2.75, 3.05) is 6.54 Å². The van der Waals surface area contributed by atoms with E-state index in [2.05, 4.69) is 22.9 Å². The van der Waals surface area contributed by atoms with Gasteiger partial charge in [0.15, 0.2) is 0 Å². The van der Waals surface area contributed by atoms with Gasteiger partial charge < -0.3 is 15.0 Å². The van der Waals surface area contributed by atoms with Gasteiger partial charge in [-0.05, 0) is 24.1 Å². The second-order valence-electron chi connectivity index (χ2n) is 5.86. The summed E-state index contributed by atoms with van der Waals surface area (Å²) in [5.74, 6) is -0.0796. The van der Waals surface area contributed by atoms with Crippen LogP contribution in [0, 0.1) is 0 Å². The molecule has 1 aromatic heterocycles. The number of aromatic nitrogens is 1. The third kappa shape index (κ3) is 3.49. The van der Waals surface area contributed by atoms with Crippen LogP contribution in [-0.4, -0.2) is 22.1 Å². The Balaban J connectivity index is 1.65. The monoisotopic (exact) mass is 322 g/mol. The Morgan fingerprint density at radius 1 is 1.12 bits per heavy atom. The molecule has 124 valence electrons. The minimum atomic E-state index is -0.688. The van der Waals surface area contributed by atoms with E-state index in [0.717, 1.165) is 28.6 Å². The molecule has 0 unspecified atom stereocenters. The minimum absolute atomic E-state index is 0.0796. The van der Waals surface area contributed by atoms with E-state index >= 15 is 0 Å². The maximum absolute atomic E-state index is 12.3. The number of nitrogens with zero attached hydrogens (tertiary/aromatic N) is 1. The van der Waals surface area contributed by atoms with Gasteiger partial charge in [-0.2, -0.15) is 0 Å². The fourth-order valence-electron chi connectivity index (χ4n) is 2.96. The first-order valence-electron chi connectivity index (χ1n) is 8.25. The van der Waals surface area contributed by atoms with Gasteiger partial charge in [0, 0.05) is 30.2 Å². The number of hydrogen-bond donors (Lipinski definition) is 2. The summed E-state index contributed by atoms with van der Waals surface area (Å²) in [7, 11) is 0. The van der Waals surface area contributed by atoms with Crippen molar-refractivity contribution < 1.29 is 9.90 Å². The number of rotatable bonds is 6. The van der Waals surface area contributed by atoms with Crippen molar-refractivity contribution in [3.05, 3.63) is 71.9 Å². The molecule has 1 heterocycles. The molecule has 0 fully saturated rings. The fourth-order valence-corrected chi connectivity index (χ4v) is 2.96. The van der Waals surface area contributed by atoms with Crippen molar-refractivity contribution in [2.24, 2.45) is 0 Å². The molecule has 0 radical (unpaired) electrons. The average molecular weight is 322 g/mol. The topological polar surface area (TPSA) is 54.3 Å². The molecule has 1 atom stereocenters. The van der Waals surface area contributed by atoms with Gasteiger partial charge >= 0.3 is 0 Å². The average Bonchev–Trinajstić information content (AvgIpc) is 2.98. The summed E-state index contributed by atoms with van der Waals surface area (Å²) in [5.41, 5.74) is 2.96. The maximum Gasteiger partial charge on any atom is 0.224 e. The molecule has 2 N–H and O–H groups in total. The van der Waals surface area contributed by atoms with Crippen LogP contribution in [0.15, 0.2) is 60.8 Å². The number of para-hydroxylation sites is 1. The Morgan fingerprint density at radius 2 is 1.83 bits per heavy atom. The summed E-state index contributed by atoms with van der Waals surface area (Å²) in [5, 5.41) is 14.1. The van der Waals surface area contributed by atoms with E-state index in [9.17, 15) is 9.90 Å². The largest absolute Gasteiger partial charge is 0.387 e. The molecule has 0 saturated heterocycles. The SMILES string of the molecule is CCn1cc(CC(=O)NC[C@H](O)c2ccccc2)c2ccccc21. The van der Waals surface area contributed by atoms with Crippen LogP contribution >= 0.6 is 0 Å². The molecule has 1 amide bonds. The van der Waals surface area contributed by atoms with Gasteiger partial charge in [-0.3, -0.25) is 4.79 Å². The number of hydrogen-bond acceptors (Lipinski definition) is 2. The summed E-state index contributed by atoms with van der Waals surface area (Å²) in [6, 6.07) is 17.5. The first kappa shape index (κ1) is 16.3. The highest BCUT2D eigenvalue weighted by Crippen LogP contribution is 2.21. The summed E-state index contributed by atoms with van der Waals surface area (Å²) in [6.45, 7) is 3.18. The second-order valence-corrected chi connectivity index (χ2v) is 5.86. The van der Waals surface area contributed by atoms with Crippen LogP contribution in [0.4, 0.5) is 0 Å². The third-order valence-corrected chi connectivity index (χ3v) is 4.24. The highest BCUT2D eigenvalue weighted by Gasteiger charge is 2.13. The number of carbonyl (C=O) groups is 1. The van der Waals surface area contributed by atoms with E-state index < -0.39 is 6.10 Å². The fraction of sp³-hybridized carbons (Fsp3) is 0.250. The number of aliphatic hydroxyl groups is 1. The molecule has 2 aromatic carbocycles. The van der Waals surface area contributed by atoms with Gasteiger partial charge in [-0.25, -0.2) is 0 Å². The van der Waals surface area contributed by atoms with Crippen molar-refractivity contribution in [3.63, 3.8) is 0 Å². The zero-order valence-corrected chi connectivity index (χ0v) is 13.8. The number of benzene rings is 2. The highest BCUT2D eigenvalue weighted by atomic mass is 16.3. The Labute approximate surface area is 141 Å². The van der Waals surface area contributed by atoms with Gasteiger partial charge in [0.1, 0.15) is 0 Å². The lowest BCUT2D eigenvalue weighted by atomic mass is 10.1. The second kappa shape index (κ2) is 7.32. The van der Waals surface area contributed by atoms with Crippen LogP contribution in [0.1, 0.15) is 24.2 Å². The van der Waals surface area contributed by atoms with E-state index in [1.807, 2.05) is 54.7 Å². The van der Waals surface area contributed by atoms with Crippen LogP contribution in [0.2, 0.25) is 0 Å². The van der Waals surface area contributed by atoms with Crippen LogP contribution in [0.25, 0.3) is 10.9 Å². The summed E-state index contributed by atoms with van der Waals surface area (Å²) in [4.78, 5) is 12.3. The van der Waals surface area contributed by atoms with Crippen molar-refractivity contribution in [1.82, 2.24) is 9.88 Å². The van der Waals surface area contributed by atoms with Gasteiger partial charge in [0.25, 0.3) is 0 Å². The molecule has 4 heteroatoms. The van der Waals surface area contributed by atoms with Crippen LogP contribution in [0.5, 0.6) is 0 Å². The van der Waals surface area contributed by atoms with E-state index in [1.165, 1.54) is 0 Å². The quantitative estimate of drug-likeness (QED) is 0.733. The lowest BCUT2D eigenvalue weighted by molar-refractivity contribution is -0.120. The molecule has 24 heavy (non-hydrogen) atoms. The smallest absolute Gasteiger partial charge is 0.224 e. The summed E-state index contributed by atoms with van der Waals surface area (Å²) >= 11 is 0. The molecular weight excluding hydrogens is 300 g/mol. The Bertz CT molecular complexity index is 824. The summed E-state index contributed by atoms with van der Waals surface area (Å²) < 4.78 is 2.15. The number of aryl methyl sites for hydroxylation is 1. The van der Waals surface area contributed by atoms with Gasteiger partial charge in [-0.15, -0.1) is 0 Å². The van der Waals surface area contributed by atoms with Crippen molar-refractivity contribution >= 4 is 16.8 Å². The van der Waals surface area contributed by atoms with E-state index in [0.29, 0.717) is 6.42 Å².